The van der Waals surface area contributed by atoms with E-state index in [9.17, 15) is 13.2 Å². The van der Waals surface area contributed by atoms with Gasteiger partial charge in [-0.25, -0.2) is 19.7 Å². The maximum atomic E-state index is 13.3. The van der Waals surface area contributed by atoms with Crippen molar-refractivity contribution in [2.75, 3.05) is 5.73 Å². The Kier molecular flexibility index (Phi) is 6.27. The lowest BCUT2D eigenvalue weighted by Crippen LogP contribution is -2.33. The van der Waals surface area contributed by atoms with Crippen LogP contribution in [0.25, 0.3) is 0 Å². The van der Waals surface area contributed by atoms with Gasteiger partial charge in [0, 0.05) is 17.8 Å². The van der Waals surface area contributed by atoms with Crippen LogP contribution in [-0.2, 0) is 21.9 Å². The van der Waals surface area contributed by atoms with E-state index < -0.39 is 21.0 Å². The fourth-order valence-electron chi connectivity index (χ4n) is 4.59. The number of amides is 1. The molecule has 35 heavy (non-hydrogen) atoms. The Hall–Kier alpha value is -3.53. The number of hydrogen-bond donors (Lipinski definition) is 2. The van der Waals surface area contributed by atoms with E-state index in [0.717, 1.165) is 47.2 Å². The summed E-state index contributed by atoms with van der Waals surface area (Å²) < 4.78 is 34.0. The number of aromatic nitrogens is 3. The number of aryl methyl sites for hydroxylation is 4. The fraction of sp³-hybridized carbons (Fsp3) is 0.360. The highest BCUT2D eigenvalue weighted by atomic mass is 32.2. The summed E-state index contributed by atoms with van der Waals surface area (Å²) in [4.78, 5) is 25.6. The lowest BCUT2D eigenvalue weighted by atomic mass is 9.75. The number of nitrogens with two attached hydrogens (primary N) is 1. The zero-order chi connectivity index (χ0) is 25.5. The monoisotopic (exact) mass is 495 g/mol. The number of ether oxygens (including phenoxy) is 1. The Morgan fingerprint density at radius 2 is 1.74 bits per heavy atom. The number of nitrogens with one attached hydrogen (secondary N) is 1. The molecule has 3 N–H and O–H groups in total. The van der Waals surface area contributed by atoms with E-state index in [1.165, 1.54) is 12.4 Å². The highest BCUT2D eigenvalue weighted by Gasteiger charge is 2.33. The Labute approximate surface area is 205 Å². The van der Waals surface area contributed by atoms with E-state index in [1.54, 1.807) is 6.07 Å². The Morgan fingerprint density at radius 3 is 2.40 bits per heavy atom. The molecule has 9 nitrogen and oxygen atoms in total. The van der Waals surface area contributed by atoms with Crippen molar-refractivity contribution < 1.29 is 17.9 Å². The minimum Gasteiger partial charge on any atom is -0.438 e. The van der Waals surface area contributed by atoms with Crippen molar-refractivity contribution in [2.24, 2.45) is 0 Å². The zero-order valence-corrected chi connectivity index (χ0v) is 21.3. The molecule has 3 aromatic rings. The van der Waals surface area contributed by atoms with Crippen molar-refractivity contribution in [3.05, 3.63) is 64.1 Å². The van der Waals surface area contributed by atoms with Gasteiger partial charge in [0.2, 0.25) is 10.9 Å². The summed E-state index contributed by atoms with van der Waals surface area (Å²) in [6.07, 6.45) is 5.08. The van der Waals surface area contributed by atoms with Crippen LogP contribution in [0.2, 0.25) is 0 Å². The molecule has 0 unspecified atom stereocenters. The van der Waals surface area contributed by atoms with Gasteiger partial charge in [-0.1, -0.05) is 31.5 Å². The molecular formula is C25H29N5O4S. The summed E-state index contributed by atoms with van der Waals surface area (Å²) >= 11 is 0. The van der Waals surface area contributed by atoms with Crippen LogP contribution >= 0.6 is 0 Å². The zero-order valence-electron chi connectivity index (χ0n) is 20.5. The number of nitrogens with zero attached hydrogens (tertiary/aromatic N) is 3. The van der Waals surface area contributed by atoms with Crippen molar-refractivity contribution in [3.8, 4) is 11.6 Å². The van der Waals surface area contributed by atoms with E-state index in [1.807, 2.05) is 32.9 Å². The summed E-state index contributed by atoms with van der Waals surface area (Å²) in [5, 5.41) is -0.520. The number of carbonyl (C=O) groups excluding carboxylic acids is 1. The molecule has 2 heterocycles. The van der Waals surface area contributed by atoms with Crippen LogP contribution in [0.1, 0.15) is 65.0 Å². The first-order chi connectivity index (χ1) is 16.4. The second-order valence-electron chi connectivity index (χ2n) is 9.60. The molecular weight excluding hydrogens is 466 g/mol. The van der Waals surface area contributed by atoms with Crippen LogP contribution < -0.4 is 15.2 Å². The van der Waals surface area contributed by atoms with Gasteiger partial charge in [-0.2, -0.15) is 8.42 Å². The second kappa shape index (κ2) is 8.92. The first-order valence-electron chi connectivity index (χ1n) is 11.3. The van der Waals surface area contributed by atoms with Gasteiger partial charge in [0.05, 0.1) is 5.69 Å². The Morgan fingerprint density at radius 1 is 1.09 bits per heavy atom. The third-order valence-electron chi connectivity index (χ3n) is 6.18. The molecule has 0 fully saturated rings. The number of anilines is 1. The number of hydrogen-bond acceptors (Lipinski definition) is 8. The number of pyridine rings is 1. The van der Waals surface area contributed by atoms with Crippen LogP contribution in [0, 0.1) is 20.8 Å². The van der Waals surface area contributed by atoms with E-state index in [4.69, 9.17) is 15.5 Å². The van der Waals surface area contributed by atoms with Crippen LogP contribution in [0.4, 0.5) is 5.82 Å². The third-order valence-corrected chi connectivity index (χ3v) is 7.45. The predicted molar refractivity (Wildman–Crippen MR) is 132 cm³/mol. The van der Waals surface area contributed by atoms with Gasteiger partial charge in [0.1, 0.15) is 11.3 Å². The van der Waals surface area contributed by atoms with Crippen LogP contribution in [-0.4, -0.2) is 29.3 Å². The molecule has 1 aromatic carbocycles. The van der Waals surface area contributed by atoms with Crippen molar-refractivity contribution in [3.63, 3.8) is 0 Å². The lowest BCUT2D eigenvalue weighted by Gasteiger charge is -2.32. The van der Waals surface area contributed by atoms with Crippen LogP contribution in [0.3, 0.4) is 0 Å². The molecule has 184 valence electrons. The molecule has 0 atom stereocenters. The number of nitrogen functional groups attached to an aromatic ring is 1. The summed E-state index contributed by atoms with van der Waals surface area (Å²) in [5.41, 5.74) is 10.1. The van der Waals surface area contributed by atoms with Crippen molar-refractivity contribution in [2.45, 2.75) is 64.3 Å². The number of carbonyl (C=O) groups is 1. The molecule has 0 saturated carbocycles. The summed E-state index contributed by atoms with van der Waals surface area (Å²) in [7, 11) is -4.38. The molecule has 1 amide bonds. The van der Waals surface area contributed by atoms with Crippen LogP contribution in [0.5, 0.6) is 11.6 Å². The highest BCUT2D eigenvalue weighted by molar-refractivity contribution is 7.90. The smallest absolute Gasteiger partial charge is 0.285 e. The summed E-state index contributed by atoms with van der Waals surface area (Å²) in [5.74, 6) is -0.563. The van der Waals surface area contributed by atoms with E-state index >= 15 is 0 Å². The van der Waals surface area contributed by atoms with E-state index in [0.29, 0.717) is 5.75 Å². The highest BCUT2D eigenvalue weighted by Crippen LogP contribution is 2.39. The first kappa shape index (κ1) is 24.6. The van der Waals surface area contributed by atoms with E-state index in [-0.39, 0.29) is 22.7 Å². The standard InChI is InChI=1S/C25H29N5O4S/c1-14-11-15(2)19(16(3)12-14)34-23-18(13-17-7-6-8-25(4,5)20(17)29-23)22(31)30-35(32,33)24-21(26)27-9-10-28-24/h9-13H,6-8H2,1-5H3,(H2,26,27)(H,30,31). The SMILES string of the molecule is Cc1cc(C)c(Oc2nc3c(cc2C(=O)NS(=O)(=O)c2nccnc2N)CCCC3(C)C)c(C)c1. The third kappa shape index (κ3) is 4.84. The van der Waals surface area contributed by atoms with Gasteiger partial charge in [-0.05, 0) is 62.8 Å². The topological polar surface area (TPSA) is 137 Å². The lowest BCUT2D eigenvalue weighted by molar-refractivity contribution is 0.0978. The predicted octanol–water partition coefficient (Wildman–Crippen LogP) is 3.90. The molecule has 1 aliphatic carbocycles. The van der Waals surface area contributed by atoms with Gasteiger partial charge >= 0.3 is 0 Å². The average Bonchev–Trinajstić information content (AvgIpc) is 2.75. The number of sulfonamides is 1. The van der Waals surface area contributed by atoms with Gasteiger partial charge in [-0.15, -0.1) is 0 Å². The van der Waals surface area contributed by atoms with E-state index in [2.05, 4.69) is 28.5 Å². The summed E-state index contributed by atoms with van der Waals surface area (Å²) in [6.45, 7) is 10.0. The number of rotatable bonds is 5. The summed E-state index contributed by atoms with van der Waals surface area (Å²) in [6, 6.07) is 5.64. The largest absolute Gasteiger partial charge is 0.438 e. The molecule has 4 rings (SSSR count). The van der Waals surface area contributed by atoms with Crippen molar-refractivity contribution in [1.29, 1.82) is 0 Å². The molecule has 0 spiro atoms. The Bertz CT molecular complexity index is 1410. The average molecular weight is 496 g/mol. The molecule has 2 aromatic heterocycles. The fourth-order valence-corrected chi connectivity index (χ4v) is 5.57. The minimum atomic E-state index is -4.38. The number of benzene rings is 1. The quantitative estimate of drug-likeness (QED) is 0.544. The molecule has 10 heteroatoms. The second-order valence-corrected chi connectivity index (χ2v) is 11.2. The van der Waals surface area contributed by atoms with Gasteiger partial charge < -0.3 is 10.5 Å². The maximum Gasteiger partial charge on any atom is 0.285 e. The Balaban J connectivity index is 1.81. The maximum absolute atomic E-state index is 13.3. The molecule has 0 aliphatic heterocycles. The molecule has 0 bridgehead atoms. The first-order valence-corrected chi connectivity index (χ1v) is 12.8. The molecule has 1 aliphatic rings. The van der Waals surface area contributed by atoms with Gasteiger partial charge in [-0.3, -0.25) is 4.79 Å². The van der Waals surface area contributed by atoms with Gasteiger partial charge in [0.25, 0.3) is 15.9 Å². The minimum absolute atomic E-state index is 0.0202. The number of fused-ring (bicyclic) bond motifs is 1. The molecule has 0 radical (unpaired) electrons. The molecule has 0 saturated heterocycles. The van der Waals surface area contributed by atoms with Crippen molar-refractivity contribution >= 4 is 21.7 Å². The normalized spacial score (nSPS) is 14.8. The van der Waals surface area contributed by atoms with Crippen LogP contribution in [0.15, 0.2) is 35.6 Å². The van der Waals surface area contributed by atoms with Gasteiger partial charge in [0.15, 0.2) is 5.82 Å². The van der Waals surface area contributed by atoms with Crippen molar-refractivity contribution in [1.82, 2.24) is 19.7 Å².